The molecule has 0 spiro atoms. The average Bonchev–Trinajstić information content (AvgIpc) is 3.57. The zero-order valence-electron chi connectivity index (χ0n) is 20.8. The van der Waals surface area contributed by atoms with Crippen LogP contribution in [0.5, 0.6) is 5.75 Å². The quantitative estimate of drug-likeness (QED) is 0.233. The zero-order valence-corrected chi connectivity index (χ0v) is 22.3. The van der Waals surface area contributed by atoms with Crippen LogP contribution in [0.3, 0.4) is 0 Å². The van der Waals surface area contributed by atoms with E-state index in [1.165, 1.54) is 0 Å². The molecule has 0 bridgehead atoms. The monoisotopic (exact) mass is 546 g/mol. The Bertz CT molecular complexity index is 1700. The predicted octanol–water partition coefficient (Wildman–Crippen LogP) is 7.20. The fourth-order valence-corrected chi connectivity index (χ4v) is 5.47. The van der Waals surface area contributed by atoms with Gasteiger partial charge in [0.15, 0.2) is 0 Å². The molecule has 2 aromatic heterocycles. The summed E-state index contributed by atoms with van der Waals surface area (Å²) in [5.74, 6) is 0.167. The maximum absolute atomic E-state index is 11.6. The van der Waals surface area contributed by atoms with Gasteiger partial charge in [0, 0.05) is 30.1 Å². The lowest BCUT2D eigenvalue weighted by Gasteiger charge is -2.14. The van der Waals surface area contributed by atoms with Gasteiger partial charge in [0.25, 0.3) is 0 Å². The summed E-state index contributed by atoms with van der Waals surface area (Å²) in [6, 6.07) is 17.2. The number of halogens is 2. The number of carbonyl (C=O) groups is 1. The van der Waals surface area contributed by atoms with E-state index in [-0.39, 0.29) is 6.61 Å². The smallest absolute Gasteiger partial charge is 0.337 e. The van der Waals surface area contributed by atoms with Gasteiger partial charge in [-0.1, -0.05) is 52.7 Å². The second-order valence-electron chi connectivity index (χ2n) is 9.63. The number of carboxylic acids is 1. The van der Waals surface area contributed by atoms with Crippen LogP contribution in [0.15, 0.2) is 60.8 Å². The summed E-state index contributed by atoms with van der Waals surface area (Å²) in [5.41, 5.74) is 6.62. The maximum Gasteiger partial charge on any atom is 0.337 e. The Morgan fingerprint density at radius 1 is 1.11 bits per heavy atom. The molecule has 0 atom stereocenters. The highest BCUT2D eigenvalue weighted by Gasteiger charge is 2.32. The van der Waals surface area contributed by atoms with Gasteiger partial charge in [0.1, 0.15) is 23.7 Å². The third-order valence-corrected chi connectivity index (χ3v) is 7.62. The van der Waals surface area contributed by atoms with Crippen molar-refractivity contribution in [3.05, 3.63) is 93.4 Å². The molecule has 5 aromatic rings. The molecule has 1 N–H and O–H groups in total. The summed E-state index contributed by atoms with van der Waals surface area (Å²) in [4.78, 5) is 11.6. The SMILES string of the molecule is Cc1cc(OCc2c(C3CC3)nnn2-c2c(Cl)cccc2Cl)ccc1-c1ccc2c(C(=O)O)cn(C)c2c1. The normalized spacial score (nSPS) is 13.3. The number of carboxylic acid groups (broad SMARTS) is 1. The molecule has 0 saturated heterocycles. The molecule has 1 saturated carbocycles. The molecule has 0 amide bonds. The molecular formula is C29H24Cl2N4O3. The first-order chi connectivity index (χ1) is 18.3. The lowest BCUT2D eigenvalue weighted by atomic mass is 9.99. The number of rotatable bonds is 7. The standard InChI is InChI=1S/C29H24Cl2N4O3/c1-16-12-19(9-11-20(16)18-8-10-21-22(29(36)37)14-34(2)25(21)13-18)38-15-26-27(17-6-7-17)32-33-35(26)28-23(30)4-3-5-24(28)31/h3-5,8-14,17H,6-7,15H2,1-2H3,(H,36,37). The first-order valence-electron chi connectivity index (χ1n) is 12.3. The van der Waals surface area contributed by atoms with E-state index in [1.54, 1.807) is 29.1 Å². The van der Waals surface area contributed by atoms with Crippen molar-refractivity contribution in [3.63, 3.8) is 0 Å². The van der Waals surface area contributed by atoms with Crippen molar-refractivity contribution in [1.82, 2.24) is 19.6 Å². The fraction of sp³-hybridized carbons (Fsp3) is 0.207. The number of aromatic nitrogens is 4. The minimum absolute atomic E-state index is 0.270. The van der Waals surface area contributed by atoms with Crippen LogP contribution in [0.1, 0.15) is 46.1 Å². The highest BCUT2D eigenvalue weighted by Crippen LogP contribution is 2.42. The summed E-state index contributed by atoms with van der Waals surface area (Å²) in [7, 11) is 1.85. The minimum Gasteiger partial charge on any atom is -0.487 e. The molecule has 9 heteroatoms. The summed E-state index contributed by atoms with van der Waals surface area (Å²) in [5, 5.41) is 20.0. The number of para-hydroxylation sites is 1. The zero-order chi connectivity index (χ0) is 26.6. The highest BCUT2D eigenvalue weighted by atomic mass is 35.5. The molecule has 6 rings (SSSR count). The predicted molar refractivity (Wildman–Crippen MR) is 148 cm³/mol. The van der Waals surface area contributed by atoms with Crippen LogP contribution in [-0.2, 0) is 13.7 Å². The van der Waals surface area contributed by atoms with Crippen molar-refractivity contribution in [2.75, 3.05) is 0 Å². The van der Waals surface area contributed by atoms with Gasteiger partial charge in [0.2, 0.25) is 0 Å². The number of ether oxygens (including phenoxy) is 1. The van der Waals surface area contributed by atoms with Gasteiger partial charge in [-0.15, -0.1) is 5.10 Å². The van der Waals surface area contributed by atoms with Crippen LogP contribution in [0.2, 0.25) is 10.0 Å². The number of hydrogen-bond donors (Lipinski definition) is 1. The van der Waals surface area contributed by atoms with Crippen molar-refractivity contribution in [1.29, 1.82) is 0 Å². The maximum atomic E-state index is 11.6. The first-order valence-corrected chi connectivity index (χ1v) is 13.0. The molecule has 0 aliphatic heterocycles. The van der Waals surface area contributed by atoms with Gasteiger partial charge in [0.05, 0.1) is 21.3 Å². The molecule has 192 valence electrons. The average molecular weight is 547 g/mol. The first kappa shape index (κ1) is 24.5. The van der Waals surface area contributed by atoms with Crippen LogP contribution >= 0.6 is 23.2 Å². The van der Waals surface area contributed by atoms with Gasteiger partial charge in [-0.3, -0.25) is 0 Å². The fourth-order valence-electron chi connectivity index (χ4n) is 4.92. The van der Waals surface area contributed by atoms with Gasteiger partial charge in [-0.25, -0.2) is 9.48 Å². The van der Waals surface area contributed by atoms with Gasteiger partial charge in [-0.2, -0.15) is 0 Å². The Hall–Kier alpha value is -3.81. The van der Waals surface area contributed by atoms with Crippen LogP contribution < -0.4 is 4.74 Å². The van der Waals surface area contributed by atoms with Crippen molar-refractivity contribution in [2.45, 2.75) is 32.3 Å². The van der Waals surface area contributed by atoms with Crippen molar-refractivity contribution in [2.24, 2.45) is 7.05 Å². The van der Waals surface area contributed by atoms with E-state index >= 15 is 0 Å². The largest absolute Gasteiger partial charge is 0.487 e. The number of aromatic carboxylic acids is 1. The van der Waals surface area contributed by atoms with E-state index in [4.69, 9.17) is 27.9 Å². The number of nitrogens with zero attached hydrogens (tertiary/aromatic N) is 4. The Kier molecular flexibility index (Phi) is 6.13. The van der Waals surface area contributed by atoms with E-state index < -0.39 is 5.97 Å². The van der Waals surface area contributed by atoms with E-state index in [0.717, 1.165) is 57.6 Å². The topological polar surface area (TPSA) is 82.2 Å². The lowest BCUT2D eigenvalue weighted by molar-refractivity contribution is 0.0699. The van der Waals surface area contributed by atoms with Crippen molar-refractivity contribution < 1.29 is 14.6 Å². The summed E-state index contributed by atoms with van der Waals surface area (Å²) in [6.07, 6.45) is 3.80. The summed E-state index contributed by atoms with van der Waals surface area (Å²) in [6.45, 7) is 2.30. The third-order valence-electron chi connectivity index (χ3n) is 7.01. The molecule has 1 fully saturated rings. The van der Waals surface area contributed by atoms with E-state index in [2.05, 4.69) is 10.3 Å². The van der Waals surface area contributed by atoms with Gasteiger partial charge < -0.3 is 14.4 Å². The molecule has 0 radical (unpaired) electrons. The molecule has 7 nitrogen and oxygen atoms in total. The second kappa shape index (κ2) is 9.49. The Morgan fingerprint density at radius 2 is 1.87 bits per heavy atom. The van der Waals surface area contributed by atoms with Crippen LogP contribution in [0, 0.1) is 6.92 Å². The lowest BCUT2D eigenvalue weighted by Crippen LogP contribution is -2.08. The summed E-state index contributed by atoms with van der Waals surface area (Å²) < 4.78 is 9.78. The molecule has 3 aromatic carbocycles. The minimum atomic E-state index is -0.931. The van der Waals surface area contributed by atoms with Crippen LogP contribution in [0.4, 0.5) is 0 Å². The number of aryl methyl sites for hydroxylation is 2. The summed E-state index contributed by atoms with van der Waals surface area (Å²) >= 11 is 12.9. The molecular weight excluding hydrogens is 523 g/mol. The number of fused-ring (bicyclic) bond motifs is 1. The van der Waals surface area contributed by atoms with Crippen molar-refractivity contribution >= 4 is 40.1 Å². The highest BCUT2D eigenvalue weighted by molar-refractivity contribution is 6.37. The third kappa shape index (κ3) is 4.31. The van der Waals surface area contributed by atoms with Gasteiger partial charge >= 0.3 is 5.97 Å². The Balaban J connectivity index is 1.29. The molecule has 38 heavy (non-hydrogen) atoms. The molecule has 0 unspecified atom stereocenters. The van der Waals surface area contributed by atoms with Crippen molar-refractivity contribution in [3.8, 4) is 22.6 Å². The van der Waals surface area contributed by atoms with Gasteiger partial charge in [-0.05, 0) is 66.8 Å². The molecule has 2 heterocycles. The molecule has 1 aliphatic carbocycles. The Labute approximate surface area is 229 Å². The molecule has 1 aliphatic rings. The van der Waals surface area contributed by atoms with Crippen LogP contribution in [0.25, 0.3) is 27.7 Å². The second-order valence-corrected chi connectivity index (χ2v) is 10.4. The van der Waals surface area contributed by atoms with E-state index in [9.17, 15) is 9.90 Å². The van der Waals surface area contributed by atoms with Crippen LogP contribution in [-0.4, -0.2) is 30.6 Å². The number of benzene rings is 3. The number of hydrogen-bond acceptors (Lipinski definition) is 4. The van der Waals surface area contributed by atoms with E-state index in [0.29, 0.717) is 27.2 Å². The Morgan fingerprint density at radius 3 is 2.55 bits per heavy atom. The van der Waals surface area contributed by atoms with E-state index in [1.807, 2.05) is 54.9 Å².